The van der Waals surface area contributed by atoms with Crippen molar-refractivity contribution >= 4 is 29.5 Å². The van der Waals surface area contributed by atoms with Gasteiger partial charge in [0.2, 0.25) is 0 Å². The van der Waals surface area contributed by atoms with Gasteiger partial charge >= 0.3 is 18.4 Å². The van der Waals surface area contributed by atoms with Gasteiger partial charge in [0.25, 0.3) is 5.91 Å². The maximum atomic E-state index is 13.3. The van der Waals surface area contributed by atoms with E-state index < -0.39 is 49.0 Å². The highest BCUT2D eigenvalue weighted by Crippen LogP contribution is 2.36. The lowest BCUT2D eigenvalue weighted by Crippen LogP contribution is -2.55. The summed E-state index contributed by atoms with van der Waals surface area (Å²) in [5.41, 5.74) is -0.916. The van der Waals surface area contributed by atoms with Crippen molar-refractivity contribution in [1.82, 2.24) is 5.32 Å². The van der Waals surface area contributed by atoms with E-state index in [1.54, 1.807) is 20.8 Å². The van der Waals surface area contributed by atoms with Gasteiger partial charge in [-0.25, -0.2) is 9.59 Å². The van der Waals surface area contributed by atoms with Crippen molar-refractivity contribution in [2.75, 3.05) is 29.5 Å². The number of nitrogens with zero attached hydrogens (tertiary/aromatic N) is 2. The molecule has 0 bridgehead atoms. The van der Waals surface area contributed by atoms with Gasteiger partial charge in [-0.05, 0) is 51.7 Å². The predicted octanol–water partition coefficient (Wildman–Crippen LogP) is 3.84. The molecule has 11 heteroatoms. The molecule has 1 saturated carbocycles. The van der Waals surface area contributed by atoms with Crippen molar-refractivity contribution in [3.8, 4) is 0 Å². The van der Waals surface area contributed by atoms with E-state index in [1.807, 2.05) is 0 Å². The van der Waals surface area contributed by atoms with Gasteiger partial charge in [0.05, 0.1) is 24.5 Å². The molecule has 1 heterocycles. The number of anilines is 2. The largest absolute Gasteiger partial charge is 0.449 e. The zero-order valence-corrected chi connectivity index (χ0v) is 18.1. The number of fused-ring (bicyclic) bond motifs is 1. The maximum Gasteiger partial charge on any atom is 0.414 e. The van der Waals surface area contributed by atoms with Gasteiger partial charge in [-0.15, -0.1) is 0 Å². The number of carbonyl (C=O) groups is 3. The number of alkyl halides is 3. The molecule has 1 atom stereocenters. The fourth-order valence-electron chi connectivity index (χ4n) is 3.21. The second-order valence-corrected chi connectivity index (χ2v) is 8.86. The molecule has 0 radical (unpaired) electrons. The second-order valence-electron chi connectivity index (χ2n) is 8.86. The van der Waals surface area contributed by atoms with E-state index in [0.717, 1.165) is 17.7 Å². The van der Waals surface area contributed by atoms with E-state index in [0.29, 0.717) is 4.90 Å². The quantitative estimate of drug-likeness (QED) is 0.742. The lowest BCUT2D eigenvalue weighted by atomic mass is 10.2. The van der Waals surface area contributed by atoms with E-state index in [-0.39, 0.29) is 23.9 Å². The summed E-state index contributed by atoms with van der Waals surface area (Å²) in [4.78, 5) is 39.8. The molecule has 32 heavy (non-hydrogen) atoms. The van der Waals surface area contributed by atoms with Crippen LogP contribution in [0, 0.1) is 5.92 Å². The molecule has 176 valence electrons. The summed E-state index contributed by atoms with van der Waals surface area (Å²) in [5, 5.41) is 2.31. The molecule has 0 aromatic heterocycles. The highest BCUT2D eigenvalue weighted by Gasteiger charge is 2.42. The predicted molar refractivity (Wildman–Crippen MR) is 109 cm³/mol. The number of rotatable bonds is 4. The Hall–Kier alpha value is -2.98. The lowest BCUT2D eigenvalue weighted by Gasteiger charge is -2.27. The highest BCUT2D eigenvalue weighted by molar-refractivity contribution is 6.06. The van der Waals surface area contributed by atoms with E-state index in [2.05, 4.69) is 5.32 Å². The SMILES string of the molecule is CC(C)(C)OC(=O)NC1CN(C(=O)OCC2CC2)c2ccccc2N(CC(F)(F)F)C1=O. The van der Waals surface area contributed by atoms with Crippen LogP contribution in [-0.4, -0.2) is 55.6 Å². The molecule has 1 aromatic rings. The summed E-state index contributed by atoms with van der Waals surface area (Å²) in [7, 11) is 0. The summed E-state index contributed by atoms with van der Waals surface area (Å²) >= 11 is 0. The number of hydrogen-bond donors (Lipinski definition) is 1. The van der Waals surface area contributed by atoms with Crippen molar-refractivity contribution in [1.29, 1.82) is 0 Å². The Bertz CT molecular complexity index is 880. The molecule has 0 spiro atoms. The van der Waals surface area contributed by atoms with Crippen molar-refractivity contribution in [2.45, 2.75) is 51.4 Å². The molecule has 8 nitrogen and oxygen atoms in total. The number of alkyl carbamates (subject to hydrolysis) is 1. The van der Waals surface area contributed by atoms with Gasteiger partial charge in [0, 0.05) is 0 Å². The average molecular weight is 457 g/mol. The third-order valence-electron chi connectivity index (χ3n) is 4.78. The highest BCUT2D eigenvalue weighted by atomic mass is 19.4. The molecule has 2 aliphatic rings. The number of hydrogen-bond acceptors (Lipinski definition) is 5. The fourth-order valence-corrected chi connectivity index (χ4v) is 3.21. The van der Waals surface area contributed by atoms with Crippen LogP contribution in [0.15, 0.2) is 24.3 Å². The summed E-state index contributed by atoms with van der Waals surface area (Å²) in [6.45, 7) is 3.01. The molecule has 3 amide bonds. The van der Waals surface area contributed by atoms with Crippen LogP contribution in [-0.2, 0) is 14.3 Å². The van der Waals surface area contributed by atoms with Crippen LogP contribution in [0.4, 0.5) is 34.1 Å². The van der Waals surface area contributed by atoms with Crippen LogP contribution in [0.3, 0.4) is 0 Å². The molecule has 1 aliphatic carbocycles. The Balaban J connectivity index is 1.95. The van der Waals surface area contributed by atoms with Crippen LogP contribution in [0.5, 0.6) is 0 Å². The van der Waals surface area contributed by atoms with Crippen LogP contribution in [0.1, 0.15) is 33.6 Å². The topological polar surface area (TPSA) is 88.2 Å². The maximum absolute atomic E-state index is 13.3. The van der Waals surface area contributed by atoms with Gasteiger partial charge in [-0.3, -0.25) is 14.6 Å². The fraction of sp³-hybridized carbons (Fsp3) is 0.571. The van der Waals surface area contributed by atoms with Crippen LogP contribution < -0.4 is 15.1 Å². The first kappa shape index (κ1) is 23.7. The molecular formula is C21H26F3N3O5. The van der Waals surface area contributed by atoms with Crippen molar-refractivity contribution < 1.29 is 37.0 Å². The summed E-state index contributed by atoms with van der Waals surface area (Å²) < 4.78 is 50.4. The number of nitrogens with one attached hydrogen (secondary N) is 1. The number of halogens is 3. The van der Waals surface area contributed by atoms with Crippen LogP contribution in [0.25, 0.3) is 0 Å². The third-order valence-corrected chi connectivity index (χ3v) is 4.78. The molecule has 0 saturated heterocycles. The average Bonchev–Trinajstić information content (AvgIpc) is 3.49. The summed E-state index contributed by atoms with van der Waals surface area (Å²) in [5.74, 6) is -0.752. The van der Waals surface area contributed by atoms with Crippen molar-refractivity contribution in [3.63, 3.8) is 0 Å². The summed E-state index contributed by atoms with van der Waals surface area (Å²) in [6, 6.07) is 4.27. The Kier molecular flexibility index (Phi) is 6.56. The first-order chi connectivity index (χ1) is 14.8. The monoisotopic (exact) mass is 457 g/mol. The third kappa shape index (κ3) is 6.27. The van der Waals surface area contributed by atoms with Crippen molar-refractivity contribution in [3.05, 3.63) is 24.3 Å². The zero-order chi connectivity index (χ0) is 23.7. The molecule has 1 aromatic carbocycles. The summed E-state index contributed by atoms with van der Waals surface area (Å²) in [6.07, 6.45) is -4.63. The first-order valence-electron chi connectivity index (χ1n) is 10.2. The lowest BCUT2D eigenvalue weighted by molar-refractivity contribution is -0.133. The van der Waals surface area contributed by atoms with Crippen LogP contribution >= 0.6 is 0 Å². The Morgan fingerprint density at radius 1 is 1.12 bits per heavy atom. The normalized spacial score (nSPS) is 19.2. The molecular weight excluding hydrogens is 431 g/mol. The first-order valence-corrected chi connectivity index (χ1v) is 10.2. The number of para-hydroxylation sites is 2. The van der Waals surface area contributed by atoms with Gasteiger partial charge in [-0.1, -0.05) is 12.1 Å². The van der Waals surface area contributed by atoms with E-state index in [9.17, 15) is 27.6 Å². The Morgan fingerprint density at radius 2 is 1.75 bits per heavy atom. The van der Waals surface area contributed by atoms with E-state index >= 15 is 0 Å². The smallest absolute Gasteiger partial charge is 0.414 e. The van der Waals surface area contributed by atoms with E-state index in [1.165, 1.54) is 24.3 Å². The Morgan fingerprint density at radius 3 is 2.31 bits per heavy atom. The molecule has 1 fully saturated rings. The van der Waals surface area contributed by atoms with E-state index in [4.69, 9.17) is 9.47 Å². The second kappa shape index (κ2) is 8.87. The number of amides is 3. The minimum atomic E-state index is -4.71. The van der Waals surface area contributed by atoms with Crippen LogP contribution in [0.2, 0.25) is 0 Å². The molecule has 1 unspecified atom stereocenters. The number of benzene rings is 1. The number of carbonyl (C=O) groups excluding carboxylic acids is 3. The van der Waals surface area contributed by atoms with Gasteiger partial charge in [-0.2, -0.15) is 13.2 Å². The minimum absolute atomic E-state index is 0.0828. The van der Waals surface area contributed by atoms with Gasteiger partial charge in [0.1, 0.15) is 18.2 Å². The van der Waals surface area contributed by atoms with Gasteiger partial charge < -0.3 is 14.8 Å². The van der Waals surface area contributed by atoms with Crippen molar-refractivity contribution in [2.24, 2.45) is 5.92 Å². The standard InChI is InChI=1S/C21H26F3N3O5/c1-20(2,3)32-18(29)25-14-10-26(19(30)31-11-13-8-9-13)15-6-4-5-7-16(15)27(17(14)28)12-21(22,23)24/h4-7,13-14H,8-12H2,1-3H3,(H,25,29). The Labute approximate surface area is 183 Å². The molecule has 1 N–H and O–H groups in total. The molecule has 3 rings (SSSR count). The molecule has 1 aliphatic heterocycles. The zero-order valence-electron chi connectivity index (χ0n) is 18.1. The van der Waals surface area contributed by atoms with Gasteiger partial charge in [0.15, 0.2) is 0 Å². The number of ether oxygens (including phenoxy) is 2. The minimum Gasteiger partial charge on any atom is -0.449 e.